The zero-order valence-electron chi connectivity index (χ0n) is 19.3. The number of nitrogens with zero attached hydrogens (tertiary/aromatic N) is 4. The molecule has 3 rings (SSSR count). The smallest absolute Gasteiger partial charge is 0.171 e. The third-order valence-electron chi connectivity index (χ3n) is 4.74. The van der Waals surface area contributed by atoms with Gasteiger partial charge in [-0.05, 0) is 57.0 Å². The van der Waals surface area contributed by atoms with Crippen LogP contribution in [0, 0.1) is 12.7 Å². The molecule has 180 valence electrons. The number of aryl methyl sites for hydroxylation is 1. The summed E-state index contributed by atoms with van der Waals surface area (Å²) in [6.45, 7) is 3.62. The summed E-state index contributed by atoms with van der Waals surface area (Å²) in [6.07, 6.45) is 3.89. The molecular formula is C22H32FN7O3. The van der Waals surface area contributed by atoms with Crippen molar-refractivity contribution in [2.75, 3.05) is 27.3 Å². The summed E-state index contributed by atoms with van der Waals surface area (Å²) in [5.41, 5.74) is 7.52. The number of nitrogens with two attached hydrogens (primary N) is 2. The predicted molar refractivity (Wildman–Crippen MR) is 123 cm³/mol. The van der Waals surface area contributed by atoms with Crippen LogP contribution in [-0.2, 0) is 11.3 Å². The van der Waals surface area contributed by atoms with Gasteiger partial charge in [-0.3, -0.25) is 4.79 Å². The van der Waals surface area contributed by atoms with Crippen LogP contribution in [0.5, 0.6) is 5.75 Å². The number of hydrazone groups is 1. The number of halogens is 1. The van der Waals surface area contributed by atoms with Crippen LogP contribution in [0.4, 0.5) is 4.39 Å². The molecule has 33 heavy (non-hydrogen) atoms. The van der Waals surface area contributed by atoms with Gasteiger partial charge in [0.2, 0.25) is 0 Å². The number of carbonyl (C=O) groups excluding carboxylic acids is 1. The number of methoxy groups -OCH3 is 1. The minimum absolute atomic E-state index is 0.0676. The van der Waals surface area contributed by atoms with Crippen LogP contribution >= 0.6 is 0 Å². The Hall–Kier alpha value is -3.15. The van der Waals surface area contributed by atoms with Crippen molar-refractivity contribution in [3.05, 3.63) is 52.9 Å². The molecular weight excluding hydrogens is 429 g/mol. The van der Waals surface area contributed by atoms with E-state index < -0.39 is 0 Å². The molecule has 1 saturated heterocycles. The third-order valence-corrected chi connectivity index (χ3v) is 4.74. The van der Waals surface area contributed by atoms with E-state index in [1.54, 1.807) is 19.1 Å². The molecule has 1 aromatic carbocycles. The van der Waals surface area contributed by atoms with E-state index in [4.69, 9.17) is 21.1 Å². The maximum Gasteiger partial charge on any atom is 0.171 e. The summed E-state index contributed by atoms with van der Waals surface area (Å²) in [5.74, 6) is 6.39. The summed E-state index contributed by atoms with van der Waals surface area (Å²) >= 11 is 0. The Morgan fingerprint density at radius 1 is 1.39 bits per heavy atom. The summed E-state index contributed by atoms with van der Waals surface area (Å²) in [5, 5.41) is 8.31. The van der Waals surface area contributed by atoms with Crippen LogP contribution in [0.1, 0.15) is 46.8 Å². The first-order chi connectivity index (χ1) is 15.9. The van der Waals surface area contributed by atoms with Crippen molar-refractivity contribution in [1.82, 2.24) is 20.4 Å². The van der Waals surface area contributed by atoms with Crippen molar-refractivity contribution < 1.29 is 18.7 Å². The van der Waals surface area contributed by atoms with Crippen LogP contribution in [0.25, 0.3) is 0 Å². The van der Waals surface area contributed by atoms with Gasteiger partial charge in [0, 0.05) is 13.2 Å². The fourth-order valence-electron chi connectivity index (χ4n) is 3.19. The average Bonchev–Trinajstić information content (AvgIpc) is 2.81. The van der Waals surface area contributed by atoms with E-state index in [0.717, 1.165) is 38.0 Å². The molecule has 0 aliphatic carbocycles. The number of hydrogen-bond acceptors (Lipinski definition) is 9. The number of nitrogens with one attached hydrogen (secondary N) is 1. The van der Waals surface area contributed by atoms with Gasteiger partial charge in [-0.2, -0.15) is 0 Å². The minimum Gasteiger partial charge on any atom is -0.494 e. The molecule has 5 N–H and O–H groups in total. The normalized spacial score (nSPS) is 15.9. The SMILES string of the molecule is CNCc1ccc(F)c(OC)c1.Cc1nc(C=O)cc(/C(N)=N/N(N)C[C@H]2CCCCO2)n1. The van der Waals surface area contributed by atoms with Gasteiger partial charge in [0.1, 0.15) is 17.2 Å². The highest BCUT2D eigenvalue weighted by atomic mass is 19.1. The molecule has 11 heteroatoms. The van der Waals surface area contributed by atoms with E-state index in [9.17, 15) is 9.18 Å². The first-order valence-electron chi connectivity index (χ1n) is 10.6. The average molecular weight is 462 g/mol. The Labute approximate surface area is 193 Å². The highest BCUT2D eigenvalue weighted by Gasteiger charge is 2.16. The van der Waals surface area contributed by atoms with Crippen molar-refractivity contribution in [2.24, 2.45) is 16.7 Å². The van der Waals surface area contributed by atoms with Crippen molar-refractivity contribution in [3.63, 3.8) is 0 Å². The molecule has 2 heterocycles. The molecule has 0 saturated carbocycles. The summed E-state index contributed by atoms with van der Waals surface area (Å²) < 4.78 is 23.3. The van der Waals surface area contributed by atoms with Crippen LogP contribution in [0.3, 0.4) is 0 Å². The van der Waals surface area contributed by atoms with Crippen molar-refractivity contribution in [1.29, 1.82) is 0 Å². The first kappa shape index (κ1) is 26.1. The van der Waals surface area contributed by atoms with E-state index >= 15 is 0 Å². The van der Waals surface area contributed by atoms with Crippen molar-refractivity contribution >= 4 is 12.1 Å². The number of amidine groups is 1. The minimum atomic E-state index is -0.322. The standard InChI is InChI=1S/C13H20N6O2.C9H12FNO/c1-9-16-10(8-20)6-12(17-9)13(14)18-19(15)7-11-4-2-3-5-21-11;1-11-6-7-3-4-8(10)9(5-7)12-2/h6,8,11H,2-5,7,15H2,1H3,(H2,14,18);3-5,11H,6H2,1-2H3/t11-;/m1./s1. The van der Waals surface area contributed by atoms with E-state index in [1.807, 2.05) is 7.05 Å². The van der Waals surface area contributed by atoms with E-state index in [2.05, 4.69) is 20.4 Å². The largest absolute Gasteiger partial charge is 0.494 e. The Kier molecular flexibility index (Phi) is 10.6. The third kappa shape index (κ3) is 8.72. The lowest BCUT2D eigenvalue weighted by Crippen LogP contribution is -2.38. The first-order valence-corrected chi connectivity index (χ1v) is 10.6. The molecule has 0 amide bonds. The van der Waals surface area contributed by atoms with E-state index in [1.165, 1.54) is 24.4 Å². The predicted octanol–water partition coefficient (Wildman–Crippen LogP) is 1.52. The molecule has 0 unspecified atom stereocenters. The second kappa shape index (κ2) is 13.4. The number of hydrazine groups is 1. The lowest BCUT2D eigenvalue weighted by molar-refractivity contribution is -0.00546. The lowest BCUT2D eigenvalue weighted by atomic mass is 10.1. The van der Waals surface area contributed by atoms with Gasteiger partial charge in [-0.25, -0.2) is 25.3 Å². The quantitative estimate of drug-likeness (QED) is 0.175. The van der Waals surface area contributed by atoms with Crippen LogP contribution in [0.15, 0.2) is 29.4 Å². The van der Waals surface area contributed by atoms with E-state index in [-0.39, 0.29) is 23.5 Å². The molecule has 10 nitrogen and oxygen atoms in total. The van der Waals surface area contributed by atoms with E-state index in [0.29, 0.717) is 30.1 Å². The summed E-state index contributed by atoms with van der Waals surface area (Å²) in [7, 11) is 3.30. The number of aldehydes is 1. The molecule has 1 atom stereocenters. The van der Waals surface area contributed by atoms with Gasteiger partial charge in [-0.1, -0.05) is 6.07 Å². The molecule has 0 radical (unpaired) electrons. The van der Waals surface area contributed by atoms with Crippen molar-refractivity contribution in [2.45, 2.75) is 38.8 Å². The highest BCUT2D eigenvalue weighted by Crippen LogP contribution is 2.17. The number of rotatable bonds is 8. The molecule has 2 aromatic rings. The fraction of sp³-hybridized carbons (Fsp3) is 0.455. The van der Waals surface area contributed by atoms with Gasteiger partial charge in [0.05, 0.1) is 19.8 Å². The number of hydrogen-bond donors (Lipinski definition) is 3. The number of benzene rings is 1. The van der Waals surface area contributed by atoms with Gasteiger partial charge in [-0.15, -0.1) is 5.10 Å². The number of aromatic nitrogens is 2. The zero-order valence-corrected chi connectivity index (χ0v) is 19.3. The molecule has 1 aliphatic rings. The maximum absolute atomic E-state index is 12.9. The van der Waals surface area contributed by atoms with Crippen LogP contribution < -0.4 is 21.6 Å². The molecule has 1 aromatic heterocycles. The number of carbonyl (C=O) groups is 1. The number of ether oxygens (including phenoxy) is 2. The van der Waals surface area contributed by atoms with Crippen molar-refractivity contribution in [3.8, 4) is 5.75 Å². The topological polar surface area (TPSA) is 141 Å². The van der Waals surface area contributed by atoms with Gasteiger partial charge in [0.25, 0.3) is 0 Å². The molecule has 1 aliphatic heterocycles. The fourth-order valence-corrected chi connectivity index (χ4v) is 3.19. The second-order valence-electron chi connectivity index (χ2n) is 7.44. The summed E-state index contributed by atoms with van der Waals surface area (Å²) in [4.78, 5) is 18.9. The zero-order chi connectivity index (χ0) is 24.2. The Balaban J connectivity index is 0.000000273. The Bertz CT molecular complexity index is 936. The van der Waals surface area contributed by atoms with Gasteiger partial charge >= 0.3 is 0 Å². The monoisotopic (exact) mass is 461 g/mol. The maximum atomic E-state index is 12.9. The Morgan fingerprint density at radius 3 is 2.82 bits per heavy atom. The van der Waals surface area contributed by atoms with Crippen LogP contribution in [-0.4, -0.2) is 60.6 Å². The molecule has 0 bridgehead atoms. The lowest BCUT2D eigenvalue weighted by Gasteiger charge is -2.25. The highest BCUT2D eigenvalue weighted by molar-refractivity contribution is 5.96. The van der Waals surface area contributed by atoms with Crippen LogP contribution in [0.2, 0.25) is 0 Å². The summed E-state index contributed by atoms with van der Waals surface area (Å²) in [6, 6.07) is 6.30. The van der Waals surface area contributed by atoms with Gasteiger partial charge < -0.3 is 20.5 Å². The van der Waals surface area contributed by atoms with Gasteiger partial charge in [0.15, 0.2) is 23.7 Å². The molecule has 0 spiro atoms. The Morgan fingerprint density at radius 2 is 2.18 bits per heavy atom. The second-order valence-corrected chi connectivity index (χ2v) is 7.44. The molecule has 1 fully saturated rings.